The number of pyridine rings is 1. The van der Waals surface area contributed by atoms with Crippen LogP contribution in [0.4, 0.5) is 5.95 Å². The Labute approximate surface area is 121 Å². The normalized spacial score (nSPS) is 16.9. The first-order chi connectivity index (χ1) is 9.31. The first-order valence-corrected chi connectivity index (χ1v) is 7.86. The lowest BCUT2D eigenvalue weighted by Crippen LogP contribution is -2.12. The van der Waals surface area contributed by atoms with Gasteiger partial charge in [-0.2, -0.15) is 4.98 Å². The number of anilines is 1. The van der Waals surface area contributed by atoms with Gasteiger partial charge in [0.15, 0.2) is 5.65 Å². The average Bonchev–Trinajstić information content (AvgIpc) is 2.82. The van der Waals surface area contributed by atoms with Crippen LogP contribution in [-0.4, -0.2) is 21.1 Å². The van der Waals surface area contributed by atoms with Gasteiger partial charge in [0.1, 0.15) is 0 Å². The fraction of sp³-hybridized carbons (Fsp3) is 0.571. The smallest absolute Gasteiger partial charge is 0.243 e. The van der Waals surface area contributed by atoms with Crippen molar-refractivity contribution in [2.24, 2.45) is 5.92 Å². The molecule has 0 radical (unpaired) electrons. The molecule has 1 fully saturated rings. The number of halogens is 1. The van der Waals surface area contributed by atoms with Gasteiger partial charge in [0, 0.05) is 17.2 Å². The molecular formula is C14H19BrN4. The van der Waals surface area contributed by atoms with Crippen LogP contribution in [0.5, 0.6) is 0 Å². The van der Waals surface area contributed by atoms with Gasteiger partial charge in [-0.05, 0) is 40.4 Å². The molecule has 4 nitrogen and oxygen atoms in total. The fourth-order valence-corrected chi connectivity index (χ4v) is 3.12. The topological polar surface area (TPSA) is 42.2 Å². The summed E-state index contributed by atoms with van der Waals surface area (Å²) in [4.78, 5) is 4.46. The van der Waals surface area contributed by atoms with Crippen molar-refractivity contribution in [2.45, 2.75) is 38.5 Å². The van der Waals surface area contributed by atoms with Crippen LogP contribution in [0.25, 0.3) is 5.65 Å². The SMILES string of the molecule is Brc1ccc2nc(NCCC3CCCCC3)nn2c1. The summed E-state index contributed by atoms with van der Waals surface area (Å²) in [6.07, 6.45) is 10.2. The van der Waals surface area contributed by atoms with Crippen molar-refractivity contribution < 1.29 is 0 Å². The molecule has 0 spiro atoms. The molecule has 2 aromatic heterocycles. The summed E-state index contributed by atoms with van der Waals surface area (Å²) in [5.74, 6) is 1.63. The molecule has 0 atom stereocenters. The minimum absolute atomic E-state index is 0.730. The highest BCUT2D eigenvalue weighted by Crippen LogP contribution is 2.26. The summed E-state index contributed by atoms with van der Waals surface area (Å²) >= 11 is 3.44. The summed E-state index contributed by atoms with van der Waals surface area (Å²) < 4.78 is 2.81. The maximum Gasteiger partial charge on any atom is 0.243 e. The summed E-state index contributed by atoms with van der Waals surface area (Å²) in [6, 6.07) is 3.94. The van der Waals surface area contributed by atoms with Crippen LogP contribution in [-0.2, 0) is 0 Å². The van der Waals surface area contributed by atoms with Crippen molar-refractivity contribution in [1.29, 1.82) is 0 Å². The number of fused-ring (bicyclic) bond motifs is 1. The Morgan fingerprint density at radius 3 is 2.95 bits per heavy atom. The molecule has 0 aromatic carbocycles. The number of nitrogens with one attached hydrogen (secondary N) is 1. The first kappa shape index (κ1) is 12.9. The van der Waals surface area contributed by atoms with E-state index in [1.165, 1.54) is 38.5 Å². The van der Waals surface area contributed by atoms with E-state index in [9.17, 15) is 0 Å². The zero-order chi connectivity index (χ0) is 13.1. The average molecular weight is 323 g/mol. The number of nitrogens with zero attached hydrogens (tertiary/aromatic N) is 3. The van der Waals surface area contributed by atoms with Crippen LogP contribution in [0.3, 0.4) is 0 Å². The quantitative estimate of drug-likeness (QED) is 0.928. The van der Waals surface area contributed by atoms with Crippen LogP contribution in [0.2, 0.25) is 0 Å². The van der Waals surface area contributed by atoms with Crippen molar-refractivity contribution in [3.8, 4) is 0 Å². The lowest BCUT2D eigenvalue weighted by Gasteiger charge is -2.21. The van der Waals surface area contributed by atoms with E-state index in [4.69, 9.17) is 0 Å². The van der Waals surface area contributed by atoms with Crippen LogP contribution in [0, 0.1) is 5.92 Å². The molecule has 0 amide bonds. The predicted octanol–water partition coefficient (Wildman–Crippen LogP) is 3.87. The number of aromatic nitrogens is 3. The minimum Gasteiger partial charge on any atom is -0.353 e. The zero-order valence-electron chi connectivity index (χ0n) is 11.0. The van der Waals surface area contributed by atoms with Gasteiger partial charge in [0.2, 0.25) is 5.95 Å². The molecule has 0 unspecified atom stereocenters. The molecule has 1 N–H and O–H groups in total. The number of hydrogen-bond donors (Lipinski definition) is 1. The second kappa shape index (κ2) is 5.90. The van der Waals surface area contributed by atoms with E-state index in [0.29, 0.717) is 0 Å². The Morgan fingerprint density at radius 1 is 1.26 bits per heavy atom. The second-order valence-corrected chi connectivity index (χ2v) is 6.22. The molecule has 102 valence electrons. The molecule has 0 aliphatic heterocycles. The Bertz CT molecular complexity index is 545. The molecule has 0 saturated heterocycles. The van der Waals surface area contributed by atoms with Gasteiger partial charge in [0.25, 0.3) is 0 Å². The largest absolute Gasteiger partial charge is 0.353 e. The third-order valence-electron chi connectivity index (χ3n) is 3.86. The Kier molecular flexibility index (Phi) is 4.01. The van der Waals surface area contributed by atoms with Gasteiger partial charge in [-0.1, -0.05) is 32.1 Å². The zero-order valence-corrected chi connectivity index (χ0v) is 12.6. The molecule has 2 heterocycles. The number of hydrogen-bond acceptors (Lipinski definition) is 3. The van der Waals surface area contributed by atoms with E-state index >= 15 is 0 Å². The van der Waals surface area contributed by atoms with E-state index in [1.54, 1.807) is 4.52 Å². The highest BCUT2D eigenvalue weighted by Gasteiger charge is 2.13. The van der Waals surface area contributed by atoms with Gasteiger partial charge in [-0.3, -0.25) is 0 Å². The lowest BCUT2D eigenvalue weighted by molar-refractivity contribution is 0.345. The van der Waals surface area contributed by atoms with Gasteiger partial charge >= 0.3 is 0 Å². The van der Waals surface area contributed by atoms with Crippen LogP contribution < -0.4 is 5.32 Å². The fourth-order valence-electron chi connectivity index (χ4n) is 2.80. The van der Waals surface area contributed by atoms with E-state index in [-0.39, 0.29) is 0 Å². The Balaban J connectivity index is 1.56. The van der Waals surface area contributed by atoms with Crippen molar-refractivity contribution >= 4 is 27.5 Å². The van der Waals surface area contributed by atoms with Crippen molar-refractivity contribution in [3.05, 3.63) is 22.8 Å². The molecule has 2 aromatic rings. The molecule has 1 aliphatic rings. The maximum atomic E-state index is 4.46. The van der Waals surface area contributed by atoms with Crippen LogP contribution in [0.15, 0.2) is 22.8 Å². The highest BCUT2D eigenvalue weighted by molar-refractivity contribution is 9.10. The second-order valence-electron chi connectivity index (χ2n) is 5.30. The minimum atomic E-state index is 0.730. The highest BCUT2D eigenvalue weighted by atomic mass is 79.9. The maximum absolute atomic E-state index is 4.46. The molecule has 0 bridgehead atoms. The first-order valence-electron chi connectivity index (χ1n) is 7.07. The van der Waals surface area contributed by atoms with Crippen molar-refractivity contribution in [2.75, 3.05) is 11.9 Å². The summed E-state index contributed by atoms with van der Waals surface area (Å²) in [7, 11) is 0. The third-order valence-corrected chi connectivity index (χ3v) is 4.32. The van der Waals surface area contributed by atoms with E-state index in [0.717, 1.165) is 28.5 Å². The van der Waals surface area contributed by atoms with Crippen LogP contribution in [0.1, 0.15) is 38.5 Å². The third kappa shape index (κ3) is 3.26. The summed E-state index contributed by atoms with van der Waals surface area (Å²) in [5, 5.41) is 7.76. The van der Waals surface area contributed by atoms with Gasteiger partial charge in [-0.15, -0.1) is 5.10 Å². The number of rotatable bonds is 4. The molecular weight excluding hydrogens is 304 g/mol. The summed E-state index contributed by atoms with van der Waals surface area (Å²) in [5.41, 5.74) is 0.878. The van der Waals surface area contributed by atoms with E-state index in [1.807, 2.05) is 18.3 Å². The van der Waals surface area contributed by atoms with E-state index in [2.05, 4.69) is 31.3 Å². The van der Waals surface area contributed by atoms with E-state index < -0.39 is 0 Å². The Hall–Kier alpha value is -1.10. The van der Waals surface area contributed by atoms with Gasteiger partial charge in [0.05, 0.1) is 0 Å². The molecule has 3 rings (SSSR count). The molecule has 1 aliphatic carbocycles. The molecule has 1 saturated carbocycles. The van der Waals surface area contributed by atoms with Crippen molar-refractivity contribution in [3.63, 3.8) is 0 Å². The van der Waals surface area contributed by atoms with Crippen molar-refractivity contribution in [1.82, 2.24) is 14.6 Å². The van der Waals surface area contributed by atoms with Gasteiger partial charge < -0.3 is 5.32 Å². The van der Waals surface area contributed by atoms with Crippen LogP contribution >= 0.6 is 15.9 Å². The monoisotopic (exact) mass is 322 g/mol. The lowest BCUT2D eigenvalue weighted by atomic mass is 9.87. The predicted molar refractivity (Wildman–Crippen MR) is 80.4 cm³/mol. The van der Waals surface area contributed by atoms with Gasteiger partial charge in [-0.25, -0.2) is 4.52 Å². The molecule has 5 heteroatoms. The summed E-state index contributed by atoms with van der Waals surface area (Å²) in [6.45, 7) is 0.975. The molecule has 19 heavy (non-hydrogen) atoms. The Morgan fingerprint density at radius 2 is 2.11 bits per heavy atom. The standard InChI is InChI=1S/C14H19BrN4/c15-12-6-7-13-17-14(18-19(13)10-12)16-9-8-11-4-2-1-3-5-11/h6-7,10-11H,1-5,8-9H2,(H,16,18).